The van der Waals surface area contributed by atoms with Crippen molar-refractivity contribution >= 4 is 11.9 Å². The highest BCUT2D eigenvalue weighted by atomic mass is 16.6. The Hall–Kier alpha value is -5.30. The molecule has 268 valence electrons. The molecule has 0 heterocycles. The minimum Gasteiger partial charge on any atom is -0.458 e. The summed E-state index contributed by atoms with van der Waals surface area (Å²) in [4.78, 5) is 23.2. The molecule has 0 aliphatic heterocycles. The molecule has 0 saturated carbocycles. The van der Waals surface area contributed by atoms with Crippen LogP contribution < -0.4 is 0 Å². The zero-order valence-electron chi connectivity index (χ0n) is 30.4. The largest absolute Gasteiger partial charge is 0.458 e. The van der Waals surface area contributed by atoms with Crippen molar-refractivity contribution in [1.29, 1.82) is 0 Å². The van der Waals surface area contributed by atoms with Crippen molar-refractivity contribution in [2.75, 3.05) is 26.4 Å². The van der Waals surface area contributed by atoms with Crippen LogP contribution >= 0.6 is 0 Å². The van der Waals surface area contributed by atoms with E-state index in [0.717, 1.165) is 0 Å². The summed E-state index contributed by atoms with van der Waals surface area (Å²) >= 11 is 0. The molecule has 0 bridgehead atoms. The third-order valence-corrected chi connectivity index (χ3v) is 5.16. The Morgan fingerprint density at radius 2 is 0.680 bits per heavy atom. The van der Waals surface area contributed by atoms with Gasteiger partial charge in [0.15, 0.2) is 0 Å². The fourth-order valence-electron chi connectivity index (χ4n) is 3.23. The average Bonchev–Trinajstić information content (AvgIpc) is 3.14. The van der Waals surface area contributed by atoms with Gasteiger partial charge in [0.2, 0.25) is 0 Å². The van der Waals surface area contributed by atoms with Gasteiger partial charge in [-0.2, -0.15) is 0 Å². The molecule has 0 unspecified atom stereocenters. The second-order valence-corrected chi connectivity index (χ2v) is 9.71. The SMILES string of the molecule is C=CC.C=CC.C=CC.C=CC.O=C(OCCOC(=O)c1ccccc1)c1ccccc1.c1ccc(COCCOCc2ccccc2)cc1. The Bertz CT molecular complexity index is 1250. The fourth-order valence-corrected chi connectivity index (χ4v) is 3.23. The Morgan fingerprint density at radius 3 is 0.940 bits per heavy atom. The van der Waals surface area contributed by atoms with E-state index < -0.39 is 11.9 Å². The van der Waals surface area contributed by atoms with Gasteiger partial charge in [0.05, 0.1) is 37.6 Å². The number of allylic oxidation sites excluding steroid dienone is 4. The molecule has 6 nitrogen and oxygen atoms in total. The molecule has 50 heavy (non-hydrogen) atoms. The van der Waals surface area contributed by atoms with E-state index >= 15 is 0 Å². The number of benzene rings is 4. The van der Waals surface area contributed by atoms with Gasteiger partial charge in [0.1, 0.15) is 13.2 Å². The van der Waals surface area contributed by atoms with E-state index in [4.69, 9.17) is 18.9 Å². The molecular formula is C44H56O6. The highest BCUT2D eigenvalue weighted by molar-refractivity contribution is 5.90. The first-order chi connectivity index (χ1) is 24.4. The van der Waals surface area contributed by atoms with Crippen molar-refractivity contribution in [3.8, 4) is 0 Å². The Labute approximate surface area is 301 Å². The lowest BCUT2D eigenvalue weighted by atomic mass is 10.2. The van der Waals surface area contributed by atoms with E-state index in [9.17, 15) is 9.59 Å². The Balaban J connectivity index is 0. The number of hydrogen-bond acceptors (Lipinski definition) is 6. The van der Waals surface area contributed by atoms with Crippen LogP contribution in [0.15, 0.2) is 172 Å². The van der Waals surface area contributed by atoms with E-state index in [1.54, 1.807) is 72.8 Å². The van der Waals surface area contributed by atoms with E-state index in [2.05, 4.69) is 50.6 Å². The molecular weight excluding hydrogens is 624 g/mol. The van der Waals surface area contributed by atoms with Gasteiger partial charge >= 0.3 is 11.9 Å². The van der Waals surface area contributed by atoms with Crippen LogP contribution in [0.4, 0.5) is 0 Å². The molecule has 4 rings (SSSR count). The molecule has 6 heteroatoms. The van der Waals surface area contributed by atoms with Crippen LogP contribution in [-0.4, -0.2) is 38.4 Å². The minimum absolute atomic E-state index is 0.0340. The Morgan fingerprint density at radius 1 is 0.440 bits per heavy atom. The zero-order valence-corrected chi connectivity index (χ0v) is 30.4. The van der Waals surface area contributed by atoms with E-state index in [1.165, 1.54) is 11.1 Å². The molecule has 0 radical (unpaired) electrons. The van der Waals surface area contributed by atoms with Crippen molar-refractivity contribution in [3.63, 3.8) is 0 Å². The number of ether oxygens (including phenoxy) is 4. The fraction of sp³-hybridized carbons (Fsp3) is 0.227. The summed E-state index contributed by atoms with van der Waals surface area (Å²) in [6.45, 7) is 23.6. The molecule has 0 amide bonds. The summed E-state index contributed by atoms with van der Waals surface area (Å²) in [6, 6.07) is 37.6. The molecule has 0 aromatic heterocycles. The highest BCUT2D eigenvalue weighted by Gasteiger charge is 2.08. The lowest BCUT2D eigenvalue weighted by Gasteiger charge is -2.06. The lowest BCUT2D eigenvalue weighted by Crippen LogP contribution is -2.14. The van der Waals surface area contributed by atoms with Crippen molar-refractivity contribution in [2.24, 2.45) is 0 Å². The van der Waals surface area contributed by atoms with E-state index in [-0.39, 0.29) is 13.2 Å². The second kappa shape index (κ2) is 36.5. The molecule has 0 atom stereocenters. The van der Waals surface area contributed by atoms with Gasteiger partial charge in [-0.15, -0.1) is 26.3 Å². The summed E-state index contributed by atoms with van der Waals surface area (Å²) in [5.41, 5.74) is 3.34. The number of carbonyl (C=O) groups excluding carboxylic acids is 2. The third kappa shape index (κ3) is 28.9. The van der Waals surface area contributed by atoms with Crippen LogP contribution in [0.25, 0.3) is 0 Å². The Kier molecular flexibility index (Phi) is 34.2. The van der Waals surface area contributed by atoms with Crippen LogP contribution in [-0.2, 0) is 32.2 Å². The molecule has 0 aliphatic carbocycles. The molecule has 0 fully saturated rings. The normalized spacial score (nSPS) is 8.72. The summed E-state index contributed by atoms with van der Waals surface area (Å²) in [6.07, 6.45) is 7.00. The van der Waals surface area contributed by atoms with Gasteiger partial charge in [0, 0.05) is 0 Å². The van der Waals surface area contributed by atoms with Crippen molar-refractivity contribution < 1.29 is 28.5 Å². The summed E-state index contributed by atoms with van der Waals surface area (Å²) in [7, 11) is 0. The van der Waals surface area contributed by atoms with E-state index in [1.807, 2.05) is 76.2 Å². The van der Waals surface area contributed by atoms with Gasteiger partial charge in [-0.05, 0) is 63.1 Å². The van der Waals surface area contributed by atoms with Crippen LogP contribution in [0.2, 0.25) is 0 Å². The zero-order chi connectivity index (χ0) is 37.5. The topological polar surface area (TPSA) is 71.1 Å². The predicted octanol–water partition coefficient (Wildman–Crippen LogP) is 10.9. The molecule has 0 saturated heterocycles. The van der Waals surface area contributed by atoms with Crippen molar-refractivity contribution in [1.82, 2.24) is 0 Å². The van der Waals surface area contributed by atoms with Gasteiger partial charge in [-0.1, -0.05) is 121 Å². The highest BCUT2D eigenvalue weighted by Crippen LogP contribution is 2.04. The summed E-state index contributed by atoms with van der Waals surface area (Å²) in [5.74, 6) is -0.859. The first-order valence-electron chi connectivity index (χ1n) is 16.3. The molecule has 0 N–H and O–H groups in total. The smallest absolute Gasteiger partial charge is 0.338 e. The van der Waals surface area contributed by atoms with Crippen LogP contribution in [0.3, 0.4) is 0 Å². The molecule has 0 aliphatic rings. The van der Waals surface area contributed by atoms with Crippen LogP contribution in [0.5, 0.6) is 0 Å². The standard InChI is InChI=1S/C16H14O4.C16H18O2.4C3H6/c17-15(13-7-3-1-4-8-13)19-11-12-20-16(18)14-9-5-2-6-10-14;1-3-7-15(8-4-1)13-17-11-12-18-14-16-9-5-2-6-10-16;4*1-3-2/h1-10H,11-12H2;1-10H,11-14H2;4*3H,1H2,2H3. The maximum atomic E-state index is 11.6. The second-order valence-electron chi connectivity index (χ2n) is 9.71. The number of rotatable bonds is 12. The minimum atomic E-state index is -0.429. The predicted molar refractivity (Wildman–Crippen MR) is 209 cm³/mol. The maximum Gasteiger partial charge on any atom is 0.338 e. The van der Waals surface area contributed by atoms with E-state index in [0.29, 0.717) is 37.6 Å². The van der Waals surface area contributed by atoms with Gasteiger partial charge in [0.25, 0.3) is 0 Å². The third-order valence-electron chi connectivity index (χ3n) is 5.16. The first kappa shape index (κ1) is 46.8. The van der Waals surface area contributed by atoms with Gasteiger partial charge in [-0.3, -0.25) is 0 Å². The summed E-state index contributed by atoms with van der Waals surface area (Å²) in [5, 5.41) is 0. The number of hydrogen-bond donors (Lipinski definition) is 0. The van der Waals surface area contributed by atoms with Crippen molar-refractivity contribution in [2.45, 2.75) is 40.9 Å². The monoisotopic (exact) mass is 680 g/mol. The first-order valence-corrected chi connectivity index (χ1v) is 16.3. The quantitative estimate of drug-likeness (QED) is 0.0842. The lowest BCUT2D eigenvalue weighted by molar-refractivity contribution is 0.0265. The van der Waals surface area contributed by atoms with Crippen LogP contribution in [0.1, 0.15) is 59.5 Å². The molecule has 0 spiro atoms. The number of carbonyl (C=O) groups is 2. The van der Waals surface area contributed by atoms with Gasteiger partial charge < -0.3 is 18.9 Å². The summed E-state index contributed by atoms with van der Waals surface area (Å²) < 4.78 is 21.1. The van der Waals surface area contributed by atoms with Crippen molar-refractivity contribution in [3.05, 3.63) is 194 Å². The number of esters is 2. The maximum absolute atomic E-state index is 11.6. The van der Waals surface area contributed by atoms with Crippen LogP contribution in [0, 0.1) is 0 Å². The van der Waals surface area contributed by atoms with Gasteiger partial charge in [-0.25, -0.2) is 9.59 Å². The average molecular weight is 681 g/mol. The molecule has 4 aromatic rings. The molecule has 4 aromatic carbocycles.